The fourth-order valence-corrected chi connectivity index (χ4v) is 10.1. The van der Waals surface area contributed by atoms with Crippen LogP contribution in [0.2, 0.25) is 0 Å². The zero-order valence-corrected chi connectivity index (χ0v) is 35.4. The molecule has 0 spiro atoms. The maximum Gasteiger partial charge on any atom is 0.136 e. The molecular formula is C62H40N2O. The van der Waals surface area contributed by atoms with Crippen LogP contribution in [0, 0.1) is 0 Å². The van der Waals surface area contributed by atoms with Gasteiger partial charge in [0.1, 0.15) is 11.2 Å². The topological polar surface area (TPSA) is 21.3 Å². The molecule has 0 atom stereocenters. The van der Waals surface area contributed by atoms with Gasteiger partial charge in [-0.3, -0.25) is 0 Å². The van der Waals surface area contributed by atoms with Gasteiger partial charge in [-0.05, 0) is 134 Å². The van der Waals surface area contributed by atoms with Crippen LogP contribution >= 0.6 is 0 Å². The third kappa shape index (κ3) is 6.20. The molecule has 0 aliphatic rings. The predicted octanol–water partition coefficient (Wildman–Crippen LogP) is 17.5. The molecule has 2 heterocycles. The highest BCUT2D eigenvalue weighted by atomic mass is 16.3. The van der Waals surface area contributed by atoms with Crippen LogP contribution in [0.15, 0.2) is 247 Å². The second-order valence-corrected chi connectivity index (χ2v) is 16.9. The lowest BCUT2D eigenvalue weighted by Crippen LogP contribution is -2.09. The quantitative estimate of drug-likeness (QED) is 0.149. The molecule has 3 nitrogen and oxygen atoms in total. The highest BCUT2D eigenvalue weighted by molar-refractivity contribution is 6.13. The van der Waals surface area contributed by atoms with Crippen molar-refractivity contribution in [2.45, 2.75) is 0 Å². The Balaban J connectivity index is 0.885. The molecule has 0 N–H and O–H groups in total. The first kappa shape index (κ1) is 36.9. The van der Waals surface area contributed by atoms with E-state index in [0.717, 1.165) is 66.9 Å². The zero-order chi connectivity index (χ0) is 42.8. The normalized spacial score (nSPS) is 11.7. The standard InChI is InChI=1S/C62H40N2O/c1-2-17-52-43(12-1)26-27-47-40-51(36-37-53(47)52)63(48-32-28-41(29-33-48)44-13-9-15-46(38-44)54-21-11-25-61-62(54)57-20-5-8-24-60(57)65-61)49-34-30-42(31-35-49)45-14-10-16-50(39-45)64-58-22-6-3-18-55(58)56-19-4-7-23-59(56)64/h1-40H. The number of fused-ring (bicyclic) bond motifs is 9. The van der Waals surface area contributed by atoms with Gasteiger partial charge in [0.25, 0.3) is 0 Å². The summed E-state index contributed by atoms with van der Waals surface area (Å²) < 4.78 is 8.63. The first-order chi connectivity index (χ1) is 32.2. The zero-order valence-electron chi connectivity index (χ0n) is 35.4. The van der Waals surface area contributed by atoms with E-state index in [1.54, 1.807) is 0 Å². The van der Waals surface area contributed by atoms with Gasteiger partial charge in [-0.2, -0.15) is 0 Å². The second kappa shape index (κ2) is 15.0. The number of rotatable bonds is 7. The van der Waals surface area contributed by atoms with Crippen LogP contribution < -0.4 is 4.90 Å². The average Bonchev–Trinajstić information content (AvgIpc) is 3.93. The van der Waals surface area contributed by atoms with Crippen LogP contribution in [0.4, 0.5) is 17.1 Å². The Labute approximate surface area is 376 Å². The molecule has 0 saturated heterocycles. The first-order valence-electron chi connectivity index (χ1n) is 22.2. The molecule has 13 aromatic rings. The van der Waals surface area contributed by atoms with Crippen molar-refractivity contribution in [3.8, 4) is 39.1 Å². The Kier molecular flexibility index (Phi) is 8.53. The van der Waals surface area contributed by atoms with Gasteiger partial charge in [-0.1, -0.05) is 164 Å². The summed E-state index contributed by atoms with van der Waals surface area (Å²) in [6.45, 7) is 0. The van der Waals surface area contributed by atoms with E-state index in [0.29, 0.717) is 0 Å². The van der Waals surface area contributed by atoms with Crippen LogP contribution in [0.25, 0.3) is 104 Å². The van der Waals surface area contributed by atoms with Crippen molar-refractivity contribution in [2.75, 3.05) is 4.90 Å². The van der Waals surface area contributed by atoms with E-state index < -0.39 is 0 Å². The van der Waals surface area contributed by atoms with Crippen molar-refractivity contribution in [3.63, 3.8) is 0 Å². The highest BCUT2D eigenvalue weighted by Crippen LogP contribution is 2.41. The summed E-state index contributed by atoms with van der Waals surface area (Å²) in [7, 11) is 0. The fraction of sp³-hybridized carbons (Fsp3) is 0. The van der Waals surface area contributed by atoms with Gasteiger partial charge in [-0.25, -0.2) is 0 Å². The number of para-hydroxylation sites is 3. The van der Waals surface area contributed by atoms with E-state index in [-0.39, 0.29) is 0 Å². The molecule has 304 valence electrons. The predicted molar refractivity (Wildman–Crippen MR) is 274 cm³/mol. The molecule has 11 aromatic carbocycles. The summed E-state index contributed by atoms with van der Waals surface area (Å²) in [5.74, 6) is 0. The van der Waals surface area contributed by atoms with E-state index in [1.807, 2.05) is 12.1 Å². The molecular weight excluding hydrogens is 789 g/mol. The van der Waals surface area contributed by atoms with Gasteiger partial charge in [0.15, 0.2) is 0 Å². The van der Waals surface area contributed by atoms with Crippen LogP contribution in [0.1, 0.15) is 0 Å². The van der Waals surface area contributed by atoms with Crippen LogP contribution in [-0.2, 0) is 0 Å². The van der Waals surface area contributed by atoms with Crippen molar-refractivity contribution in [1.82, 2.24) is 4.57 Å². The number of benzene rings is 11. The Morgan fingerprint density at radius 1 is 0.308 bits per heavy atom. The monoisotopic (exact) mass is 828 g/mol. The van der Waals surface area contributed by atoms with Crippen LogP contribution in [-0.4, -0.2) is 4.57 Å². The van der Waals surface area contributed by atoms with Crippen molar-refractivity contribution in [2.24, 2.45) is 0 Å². The summed E-state index contributed by atoms with van der Waals surface area (Å²) in [5.41, 5.74) is 15.6. The molecule has 0 aliphatic heterocycles. The Bertz CT molecular complexity index is 3900. The molecule has 13 rings (SSSR count). The maximum absolute atomic E-state index is 6.25. The van der Waals surface area contributed by atoms with Crippen molar-refractivity contribution in [3.05, 3.63) is 243 Å². The molecule has 0 amide bonds. The van der Waals surface area contributed by atoms with Gasteiger partial charge >= 0.3 is 0 Å². The lowest BCUT2D eigenvalue weighted by atomic mass is 9.96. The van der Waals surface area contributed by atoms with Gasteiger partial charge in [-0.15, -0.1) is 0 Å². The molecule has 3 heteroatoms. The van der Waals surface area contributed by atoms with Gasteiger partial charge < -0.3 is 13.9 Å². The minimum absolute atomic E-state index is 0.904. The maximum atomic E-state index is 6.25. The van der Waals surface area contributed by atoms with E-state index in [9.17, 15) is 0 Å². The van der Waals surface area contributed by atoms with E-state index in [2.05, 4.69) is 240 Å². The Morgan fingerprint density at radius 3 is 1.58 bits per heavy atom. The van der Waals surface area contributed by atoms with E-state index in [4.69, 9.17) is 4.42 Å². The van der Waals surface area contributed by atoms with Crippen LogP contribution in [0.5, 0.6) is 0 Å². The molecule has 0 radical (unpaired) electrons. The van der Waals surface area contributed by atoms with Crippen molar-refractivity contribution in [1.29, 1.82) is 0 Å². The average molecular weight is 829 g/mol. The molecule has 0 saturated carbocycles. The molecule has 0 fully saturated rings. The third-order valence-electron chi connectivity index (χ3n) is 13.2. The lowest BCUT2D eigenvalue weighted by Gasteiger charge is -2.26. The van der Waals surface area contributed by atoms with Gasteiger partial charge in [0.05, 0.1) is 11.0 Å². The molecule has 0 unspecified atom stereocenters. The Hall–Kier alpha value is -8.66. The number of hydrogen-bond acceptors (Lipinski definition) is 2. The summed E-state index contributed by atoms with van der Waals surface area (Å²) >= 11 is 0. The molecule has 0 aliphatic carbocycles. The largest absolute Gasteiger partial charge is 0.456 e. The number of hydrogen-bond donors (Lipinski definition) is 0. The van der Waals surface area contributed by atoms with E-state index >= 15 is 0 Å². The number of nitrogens with zero attached hydrogens (tertiary/aromatic N) is 2. The summed E-state index contributed by atoms with van der Waals surface area (Å²) in [6, 6.07) is 87.8. The second-order valence-electron chi connectivity index (χ2n) is 16.9. The smallest absolute Gasteiger partial charge is 0.136 e. The van der Waals surface area contributed by atoms with Gasteiger partial charge in [0, 0.05) is 44.3 Å². The fourth-order valence-electron chi connectivity index (χ4n) is 10.1. The minimum Gasteiger partial charge on any atom is -0.456 e. The molecule has 0 bridgehead atoms. The third-order valence-corrected chi connectivity index (χ3v) is 13.2. The number of anilines is 3. The molecule has 2 aromatic heterocycles. The van der Waals surface area contributed by atoms with Crippen LogP contribution in [0.3, 0.4) is 0 Å². The summed E-state index contributed by atoms with van der Waals surface area (Å²) in [5, 5.41) is 9.78. The summed E-state index contributed by atoms with van der Waals surface area (Å²) in [4.78, 5) is 2.37. The van der Waals surface area contributed by atoms with Crippen molar-refractivity contribution >= 4 is 82.4 Å². The Morgan fingerprint density at radius 2 is 0.846 bits per heavy atom. The SMILES string of the molecule is c1cc(-c2ccc(N(c3ccc(-c4cccc(-n5c6ccccc6c6ccccc65)c4)cc3)c3ccc4c(ccc5ccccc54)c3)cc2)cc(-c2cccc3oc4ccccc4c23)c1. The molecule has 65 heavy (non-hydrogen) atoms. The number of aromatic nitrogens is 1. The lowest BCUT2D eigenvalue weighted by molar-refractivity contribution is 0.669. The summed E-state index contributed by atoms with van der Waals surface area (Å²) in [6.07, 6.45) is 0. The van der Waals surface area contributed by atoms with E-state index in [1.165, 1.54) is 54.5 Å². The van der Waals surface area contributed by atoms with Crippen molar-refractivity contribution < 1.29 is 4.42 Å². The number of furan rings is 1. The van der Waals surface area contributed by atoms with Gasteiger partial charge in [0.2, 0.25) is 0 Å². The minimum atomic E-state index is 0.904. The first-order valence-corrected chi connectivity index (χ1v) is 22.2. The highest BCUT2D eigenvalue weighted by Gasteiger charge is 2.17.